The maximum atomic E-state index is 14.3. The lowest BCUT2D eigenvalue weighted by molar-refractivity contribution is -0.146. The van der Waals surface area contributed by atoms with E-state index in [9.17, 15) is 43.2 Å². The molecular formula is C60H52O19S2. The zero-order valence-corrected chi connectivity index (χ0v) is 45.0. The Labute approximate surface area is 472 Å². The highest BCUT2D eigenvalue weighted by atomic mass is 32.2. The highest BCUT2D eigenvalue weighted by Crippen LogP contribution is 2.62. The third-order valence-corrected chi connectivity index (χ3v) is 16.9. The van der Waals surface area contributed by atoms with Crippen LogP contribution in [-0.4, -0.2) is 78.3 Å². The fraction of sp³-hybridized carbons (Fsp3) is 0.283. The summed E-state index contributed by atoms with van der Waals surface area (Å²) in [4.78, 5) is 119. The molecule has 21 heteroatoms. The van der Waals surface area contributed by atoms with Gasteiger partial charge in [0, 0.05) is 46.2 Å². The first kappa shape index (κ1) is 57.0. The number of rotatable bonds is 21. The standard InChI is InChI=1S/C60H52O19S2/c1-4-46(61)73-30-70-37-23-25-38(26-24-37)76-56(66)33-15-19-35(20-16-33)58(68)78-52-42-13-9-10-14-43(42)53(55-54(52)80-60(81-55)49-50(64)40-11-7-8-12-41(40)51(49)65)79-59(69)36-21-17-34(18-22-36)57(67)77-39-27-28-44(71-31-74-47(62)5-2)45(29-39)72-32-75-48(63)6-3/h4-14,23-29,33-36,49,60H,1-3,15-22,30-32H2. The summed E-state index contributed by atoms with van der Waals surface area (Å²) in [7, 11) is 0. The number of ketones is 2. The molecule has 2 saturated carbocycles. The Balaban J connectivity index is 0.876. The van der Waals surface area contributed by atoms with Gasteiger partial charge in [-0.2, -0.15) is 0 Å². The number of fused-ring (bicyclic) bond motifs is 3. The van der Waals surface area contributed by atoms with Crippen molar-refractivity contribution in [3.05, 3.63) is 140 Å². The van der Waals surface area contributed by atoms with Crippen LogP contribution in [0.1, 0.15) is 72.1 Å². The molecule has 5 aromatic carbocycles. The highest BCUT2D eigenvalue weighted by molar-refractivity contribution is 8.19. The Kier molecular flexibility index (Phi) is 18.3. The van der Waals surface area contributed by atoms with Crippen LogP contribution in [0.15, 0.2) is 139 Å². The molecule has 19 nitrogen and oxygen atoms in total. The van der Waals surface area contributed by atoms with E-state index in [1.54, 1.807) is 72.8 Å². The third-order valence-electron chi connectivity index (χ3n) is 13.9. The molecule has 81 heavy (non-hydrogen) atoms. The van der Waals surface area contributed by atoms with Gasteiger partial charge >= 0.3 is 41.8 Å². The van der Waals surface area contributed by atoms with Crippen LogP contribution in [0.5, 0.6) is 40.2 Å². The summed E-state index contributed by atoms with van der Waals surface area (Å²) in [6.45, 7) is 8.63. The van der Waals surface area contributed by atoms with Crippen molar-refractivity contribution in [3.63, 3.8) is 0 Å². The summed E-state index contributed by atoms with van der Waals surface area (Å²) in [6.07, 6.45) is 5.35. The summed E-state index contributed by atoms with van der Waals surface area (Å²) in [5, 5.41) is 0.901. The molecule has 1 aliphatic heterocycles. The van der Waals surface area contributed by atoms with E-state index in [4.69, 9.17) is 47.4 Å². The second kappa shape index (κ2) is 26.1. The van der Waals surface area contributed by atoms with Gasteiger partial charge in [-0.1, -0.05) is 68.3 Å². The minimum Gasteiger partial charge on any atom is -0.457 e. The Bertz CT molecular complexity index is 3300. The number of hydrogen-bond acceptors (Lipinski definition) is 21. The molecule has 1 unspecified atom stereocenters. The van der Waals surface area contributed by atoms with Gasteiger partial charge in [-0.3, -0.25) is 28.8 Å². The van der Waals surface area contributed by atoms with E-state index < -0.39 is 89.5 Å². The average Bonchev–Trinajstić information content (AvgIpc) is 4.26. The first-order valence-electron chi connectivity index (χ1n) is 25.7. The Morgan fingerprint density at radius 3 is 1.26 bits per heavy atom. The van der Waals surface area contributed by atoms with Gasteiger partial charge in [-0.25, -0.2) is 14.4 Å². The first-order chi connectivity index (χ1) is 39.2. The SMILES string of the molecule is C=CC(=O)OCOc1ccc(OC(=O)C2CCC(C(=O)Oc3c4c(c(OC(=O)C5CCC(C(=O)Oc6ccc(OCOC(=O)C=C)c(OCOC(=O)C=C)c6)CC5)c5ccccc35)SC(C3C(=O)c5ccccc5C3=O)S4)CC2)cc1. The fourth-order valence-electron chi connectivity index (χ4n) is 9.67. The number of benzene rings is 5. The quantitative estimate of drug-likeness (QED) is 0.0166. The smallest absolute Gasteiger partial charge is 0.333 e. The largest absolute Gasteiger partial charge is 0.457 e. The normalized spacial score (nSPS) is 19.1. The number of hydrogen-bond donors (Lipinski definition) is 0. The molecule has 1 heterocycles. The van der Waals surface area contributed by atoms with Crippen molar-refractivity contribution < 1.29 is 90.5 Å². The molecule has 3 aliphatic carbocycles. The van der Waals surface area contributed by atoms with Crippen LogP contribution in [0.3, 0.4) is 0 Å². The molecule has 2 fully saturated rings. The third kappa shape index (κ3) is 13.3. The van der Waals surface area contributed by atoms with Crippen molar-refractivity contribution in [1.82, 2.24) is 0 Å². The molecule has 0 saturated heterocycles. The molecule has 0 radical (unpaired) electrons. The van der Waals surface area contributed by atoms with Crippen molar-refractivity contribution in [3.8, 4) is 40.2 Å². The van der Waals surface area contributed by atoms with E-state index in [0.29, 0.717) is 63.1 Å². The maximum absolute atomic E-state index is 14.3. The topological polar surface area (TPSA) is 246 Å². The monoisotopic (exact) mass is 1140 g/mol. The summed E-state index contributed by atoms with van der Waals surface area (Å²) in [5.74, 6) is -7.14. The molecule has 4 aliphatic rings. The van der Waals surface area contributed by atoms with Crippen LogP contribution in [0.25, 0.3) is 10.8 Å². The van der Waals surface area contributed by atoms with E-state index >= 15 is 0 Å². The number of carbonyl (C=O) groups excluding carboxylic acids is 9. The predicted octanol–water partition coefficient (Wildman–Crippen LogP) is 9.89. The van der Waals surface area contributed by atoms with E-state index in [1.807, 2.05) is 0 Å². The Hall–Kier alpha value is -8.69. The van der Waals surface area contributed by atoms with Crippen LogP contribution in [0.4, 0.5) is 0 Å². The van der Waals surface area contributed by atoms with Gasteiger partial charge in [-0.05, 0) is 87.8 Å². The van der Waals surface area contributed by atoms with Gasteiger partial charge in [0.1, 0.15) is 23.2 Å². The van der Waals surface area contributed by atoms with Crippen molar-refractivity contribution in [1.29, 1.82) is 0 Å². The van der Waals surface area contributed by atoms with Crippen molar-refractivity contribution >= 4 is 87.6 Å². The predicted molar refractivity (Wildman–Crippen MR) is 290 cm³/mol. The molecule has 9 rings (SSSR count). The van der Waals surface area contributed by atoms with Gasteiger partial charge in [0.25, 0.3) is 0 Å². The van der Waals surface area contributed by atoms with Crippen molar-refractivity contribution in [2.75, 3.05) is 20.4 Å². The second-order valence-electron chi connectivity index (χ2n) is 18.9. The molecule has 5 aromatic rings. The summed E-state index contributed by atoms with van der Waals surface area (Å²) >= 11 is 2.39. The van der Waals surface area contributed by atoms with Gasteiger partial charge in [0.2, 0.25) is 20.4 Å². The van der Waals surface area contributed by atoms with Gasteiger partial charge < -0.3 is 47.4 Å². The summed E-state index contributed by atoms with van der Waals surface area (Å²) in [5.41, 5.74) is 0.632. The molecule has 0 bridgehead atoms. The van der Waals surface area contributed by atoms with Crippen molar-refractivity contribution in [2.45, 2.75) is 65.7 Å². The number of carbonyl (C=O) groups is 9. The lowest BCUT2D eigenvalue weighted by Crippen LogP contribution is -2.30. The Morgan fingerprint density at radius 1 is 0.444 bits per heavy atom. The molecule has 0 aromatic heterocycles. The zero-order chi connectivity index (χ0) is 57.2. The lowest BCUT2D eigenvalue weighted by Gasteiger charge is -2.27. The van der Waals surface area contributed by atoms with Crippen LogP contribution < -0.4 is 33.2 Å². The van der Waals surface area contributed by atoms with Gasteiger partial charge in [-0.15, -0.1) is 23.5 Å². The molecular weight excluding hydrogens is 1090 g/mol. The van der Waals surface area contributed by atoms with Crippen molar-refractivity contribution in [2.24, 2.45) is 29.6 Å². The number of esters is 7. The minimum absolute atomic E-state index is 0.00105. The molecule has 0 spiro atoms. The molecule has 0 amide bonds. The lowest BCUT2D eigenvalue weighted by atomic mass is 9.82. The van der Waals surface area contributed by atoms with Crippen LogP contribution in [0.2, 0.25) is 0 Å². The zero-order valence-electron chi connectivity index (χ0n) is 43.3. The summed E-state index contributed by atoms with van der Waals surface area (Å²) in [6, 6.07) is 24.0. The second-order valence-corrected chi connectivity index (χ2v) is 21.5. The maximum Gasteiger partial charge on any atom is 0.333 e. The van der Waals surface area contributed by atoms with E-state index in [2.05, 4.69) is 19.7 Å². The molecule has 1 atom stereocenters. The number of Topliss-reactive ketones (excluding diaryl/α,β-unsaturated/α-hetero) is 2. The van der Waals surface area contributed by atoms with Crippen LogP contribution >= 0.6 is 23.5 Å². The van der Waals surface area contributed by atoms with Crippen LogP contribution in [0, 0.1) is 29.6 Å². The average molecular weight is 1140 g/mol. The molecule has 418 valence electrons. The summed E-state index contributed by atoms with van der Waals surface area (Å²) < 4.78 is 54.4. The van der Waals surface area contributed by atoms with Gasteiger partial charge in [0.05, 0.1) is 38.0 Å². The fourth-order valence-corrected chi connectivity index (χ4v) is 12.9. The van der Waals surface area contributed by atoms with E-state index in [1.165, 1.54) is 41.7 Å². The van der Waals surface area contributed by atoms with E-state index in [0.717, 1.165) is 18.2 Å². The van der Waals surface area contributed by atoms with Crippen LogP contribution in [-0.2, 0) is 47.8 Å². The molecule has 0 N–H and O–H groups in total. The highest BCUT2D eigenvalue weighted by Gasteiger charge is 2.48. The number of ether oxygens (including phenoxy) is 10. The van der Waals surface area contributed by atoms with Gasteiger partial charge in [0.15, 0.2) is 34.6 Å². The Morgan fingerprint density at radius 2 is 0.815 bits per heavy atom. The number of thioether (sulfide) groups is 2. The first-order valence-corrected chi connectivity index (χ1v) is 27.5. The van der Waals surface area contributed by atoms with E-state index in [-0.39, 0.29) is 78.5 Å². The minimum atomic E-state index is -1.09.